The van der Waals surface area contributed by atoms with Gasteiger partial charge in [-0.25, -0.2) is 4.79 Å². The van der Waals surface area contributed by atoms with E-state index >= 15 is 0 Å². The van der Waals surface area contributed by atoms with Gasteiger partial charge in [-0.3, -0.25) is 0 Å². The van der Waals surface area contributed by atoms with E-state index in [-0.39, 0.29) is 5.69 Å². The van der Waals surface area contributed by atoms with Gasteiger partial charge < -0.3 is 10.6 Å². The molecule has 0 spiro atoms. The monoisotopic (exact) mass is 294 g/mol. The lowest BCUT2D eigenvalue weighted by Gasteiger charge is -2.08. The van der Waals surface area contributed by atoms with Crippen molar-refractivity contribution in [2.24, 2.45) is 0 Å². The van der Waals surface area contributed by atoms with Crippen molar-refractivity contribution in [1.82, 2.24) is 0 Å². The number of benzene rings is 2. The maximum Gasteiger partial charge on any atom is 0.332 e. The summed E-state index contributed by atoms with van der Waals surface area (Å²) >= 11 is 0. The van der Waals surface area contributed by atoms with Crippen LogP contribution in [-0.2, 0) is 10.2 Å². The minimum atomic E-state index is -4.79. The van der Waals surface area contributed by atoms with Gasteiger partial charge in [0.2, 0.25) is 0 Å². The molecule has 2 aromatic rings. The first-order valence-electron chi connectivity index (χ1n) is 5.63. The zero-order valence-electron chi connectivity index (χ0n) is 10.2. The van der Waals surface area contributed by atoms with Crippen LogP contribution < -0.4 is 10.6 Å². The van der Waals surface area contributed by atoms with Crippen LogP contribution in [0.3, 0.4) is 0 Å². The average molecular weight is 294 g/mol. The molecule has 0 bridgehead atoms. The standard InChI is InChI=1S/C13H11FN2O3S/c14-20(18,19)12-8-4-7-11(9-12)16-13(17)15-10-5-2-1-3-6-10/h1-9H,(H2,15,16,17). The summed E-state index contributed by atoms with van der Waals surface area (Å²) in [6.07, 6.45) is 0. The van der Waals surface area contributed by atoms with E-state index in [2.05, 4.69) is 10.6 Å². The van der Waals surface area contributed by atoms with Gasteiger partial charge >= 0.3 is 16.3 Å². The highest BCUT2D eigenvalue weighted by Gasteiger charge is 2.12. The van der Waals surface area contributed by atoms with E-state index < -0.39 is 21.1 Å². The fraction of sp³-hybridized carbons (Fsp3) is 0. The summed E-state index contributed by atoms with van der Waals surface area (Å²) in [5.74, 6) is 0. The molecule has 0 radical (unpaired) electrons. The van der Waals surface area contributed by atoms with Crippen molar-refractivity contribution in [2.75, 3.05) is 10.6 Å². The lowest BCUT2D eigenvalue weighted by molar-refractivity contribution is 0.262. The Kier molecular flexibility index (Phi) is 3.99. The highest BCUT2D eigenvalue weighted by atomic mass is 32.3. The first-order valence-corrected chi connectivity index (χ1v) is 7.01. The third-order valence-corrected chi connectivity index (χ3v) is 3.22. The third-order valence-electron chi connectivity index (χ3n) is 2.41. The molecule has 0 aliphatic carbocycles. The Labute approximate surface area is 115 Å². The summed E-state index contributed by atoms with van der Waals surface area (Å²) in [5.41, 5.74) is 0.761. The topological polar surface area (TPSA) is 75.3 Å². The Bertz CT molecular complexity index is 717. The van der Waals surface area contributed by atoms with Gasteiger partial charge in [-0.05, 0) is 30.3 Å². The lowest BCUT2D eigenvalue weighted by Crippen LogP contribution is -2.19. The predicted molar refractivity (Wildman–Crippen MR) is 73.8 cm³/mol. The highest BCUT2D eigenvalue weighted by molar-refractivity contribution is 7.86. The van der Waals surface area contributed by atoms with E-state index in [1.54, 1.807) is 30.3 Å². The molecule has 0 heterocycles. The molecule has 2 aromatic carbocycles. The Hall–Kier alpha value is -2.41. The van der Waals surface area contributed by atoms with Gasteiger partial charge in [0, 0.05) is 11.4 Å². The Morgan fingerprint density at radius 1 is 0.900 bits per heavy atom. The molecule has 0 aliphatic heterocycles. The number of carbonyl (C=O) groups is 1. The number of amides is 2. The molecule has 0 aliphatic rings. The van der Waals surface area contributed by atoms with E-state index in [1.165, 1.54) is 12.1 Å². The van der Waals surface area contributed by atoms with E-state index in [0.717, 1.165) is 12.1 Å². The van der Waals surface area contributed by atoms with Gasteiger partial charge in [0.05, 0.1) is 0 Å². The number of anilines is 2. The Balaban J connectivity index is 2.09. The second-order valence-electron chi connectivity index (χ2n) is 3.91. The number of hydrogen-bond acceptors (Lipinski definition) is 3. The summed E-state index contributed by atoms with van der Waals surface area (Å²) in [7, 11) is -4.79. The summed E-state index contributed by atoms with van der Waals surface area (Å²) < 4.78 is 34.4. The number of nitrogens with one attached hydrogen (secondary N) is 2. The normalized spacial score (nSPS) is 10.8. The Morgan fingerprint density at radius 3 is 2.15 bits per heavy atom. The number of carbonyl (C=O) groups excluding carboxylic acids is 1. The molecule has 0 fully saturated rings. The lowest BCUT2D eigenvalue weighted by atomic mass is 10.3. The summed E-state index contributed by atoms with van der Waals surface area (Å²) in [5, 5.41) is 4.98. The maximum atomic E-state index is 12.8. The number of hydrogen-bond donors (Lipinski definition) is 2. The summed E-state index contributed by atoms with van der Waals surface area (Å²) in [6, 6.07) is 13.1. The van der Waals surface area contributed by atoms with E-state index in [4.69, 9.17) is 0 Å². The first kappa shape index (κ1) is 14.0. The van der Waals surface area contributed by atoms with Crippen LogP contribution in [-0.4, -0.2) is 14.4 Å². The van der Waals surface area contributed by atoms with E-state index in [9.17, 15) is 17.1 Å². The molecule has 0 aromatic heterocycles. The van der Waals surface area contributed by atoms with Crippen molar-refractivity contribution >= 4 is 27.6 Å². The Morgan fingerprint density at radius 2 is 1.50 bits per heavy atom. The van der Waals surface area contributed by atoms with Crippen LogP contribution >= 0.6 is 0 Å². The van der Waals surface area contributed by atoms with Crippen LogP contribution in [0.4, 0.5) is 20.1 Å². The maximum absolute atomic E-state index is 12.8. The fourth-order valence-corrected chi connectivity index (χ4v) is 2.05. The van der Waals surface area contributed by atoms with Crippen LogP contribution in [0.2, 0.25) is 0 Å². The molecule has 5 nitrogen and oxygen atoms in total. The van der Waals surface area contributed by atoms with Gasteiger partial charge in [-0.15, -0.1) is 3.89 Å². The van der Waals surface area contributed by atoms with Crippen molar-refractivity contribution in [3.63, 3.8) is 0 Å². The fourth-order valence-electron chi connectivity index (χ4n) is 1.54. The van der Waals surface area contributed by atoms with Crippen molar-refractivity contribution in [1.29, 1.82) is 0 Å². The number of halogens is 1. The minimum Gasteiger partial charge on any atom is -0.308 e. The second-order valence-corrected chi connectivity index (χ2v) is 5.26. The molecule has 2 N–H and O–H groups in total. The quantitative estimate of drug-likeness (QED) is 0.854. The van der Waals surface area contributed by atoms with Crippen LogP contribution in [0.1, 0.15) is 0 Å². The zero-order chi connectivity index (χ0) is 14.6. The van der Waals surface area contributed by atoms with Crippen molar-refractivity contribution in [3.05, 3.63) is 54.6 Å². The largest absolute Gasteiger partial charge is 0.332 e. The van der Waals surface area contributed by atoms with Gasteiger partial charge in [0.25, 0.3) is 0 Å². The minimum absolute atomic E-state index is 0.178. The van der Waals surface area contributed by atoms with Gasteiger partial charge in [0.15, 0.2) is 0 Å². The summed E-state index contributed by atoms with van der Waals surface area (Å²) in [4.78, 5) is 11.2. The number of para-hydroxylation sites is 1. The molecular formula is C13H11FN2O3S. The van der Waals surface area contributed by atoms with Crippen molar-refractivity contribution in [3.8, 4) is 0 Å². The van der Waals surface area contributed by atoms with Crippen molar-refractivity contribution in [2.45, 2.75) is 4.90 Å². The average Bonchev–Trinajstić information content (AvgIpc) is 2.39. The molecule has 2 rings (SSSR count). The molecule has 0 saturated carbocycles. The smallest absolute Gasteiger partial charge is 0.308 e. The van der Waals surface area contributed by atoms with E-state index in [1.807, 2.05) is 0 Å². The zero-order valence-corrected chi connectivity index (χ0v) is 11.0. The highest BCUT2D eigenvalue weighted by Crippen LogP contribution is 2.17. The predicted octanol–water partition coefficient (Wildman–Crippen LogP) is 2.99. The van der Waals surface area contributed by atoms with Crippen LogP contribution in [0.25, 0.3) is 0 Å². The second kappa shape index (κ2) is 5.70. The van der Waals surface area contributed by atoms with E-state index in [0.29, 0.717) is 5.69 Å². The molecule has 2 amide bonds. The third kappa shape index (κ3) is 3.79. The van der Waals surface area contributed by atoms with Crippen molar-refractivity contribution < 1.29 is 17.1 Å². The van der Waals surface area contributed by atoms with Crippen LogP contribution in [0.15, 0.2) is 59.5 Å². The number of rotatable bonds is 3. The van der Waals surface area contributed by atoms with Crippen LogP contribution in [0, 0.1) is 0 Å². The molecule has 0 atom stereocenters. The van der Waals surface area contributed by atoms with Gasteiger partial charge in [-0.1, -0.05) is 24.3 Å². The van der Waals surface area contributed by atoms with Gasteiger partial charge in [0.1, 0.15) is 4.90 Å². The molecular weight excluding hydrogens is 283 g/mol. The van der Waals surface area contributed by atoms with Crippen LogP contribution in [0.5, 0.6) is 0 Å². The molecule has 0 saturated heterocycles. The number of urea groups is 1. The SMILES string of the molecule is O=C(Nc1ccccc1)Nc1cccc(S(=O)(=O)F)c1. The molecule has 20 heavy (non-hydrogen) atoms. The molecule has 104 valence electrons. The molecule has 7 heteroatoms. The first-order chi connectivity index (χ1) is 9.45. The summed E-state index contributed by atoms with van der Waals surface area (Å²) in [6.45, 7) is 0. The molecule has 0 unspecified atom stereocenters. The van der Waals surface area contributed by atoms with Gasteiger partial charge in [-0.2, -0.15) is 8.42 Å².